The second-order valence-corrected chi connectivity index (χ2v) is 5.98. The van der Waals surface area contributed by atoms with Gasteiger partial charge in [0.2, 0.25) is 0 Å². The van der Waals surface area contributed by atoms with Gasteiger partial charge in [-0.1, -0.05) is 18.8 Å². The number of hydrogen-bond acceptors (Lipinski definition) is 4. The molecule has 0 aliphatic carbocycles. The first-order valence-electron chi connectivity index (χ1n) is 6.26. The maximum absolute atomic E-state index is 12.0. The van der Waals surface area contributed by atoms with Crippen molar-refractivity contribution >= 4 is 28.6 Å². The maximum atomic E-state index is 12.0. The van der Waals surface area contributed by atoms with Crippen LogP contribution in [-0.4, -0.2) is 17.6 Å². The van der Waals surface area contributed by atoms with Crippen LogP contribution in [-0.2, 0) is 13.0 Å². The summed E-state index contributed by atoms with van der Waals surface area (Å²) in [6.45, 7) is 2.50. The lowest BCUT2D eigenvalue weighted by Crippen LogP contribution is -2.22. The molecule has 0 radical (unpaired) electrons. The van der Waals surface area contributed by atoms with Crippen molar-refractivity contribution in [1.82, 2.24) is 5.32 Å². The van der Waals surface area contributed by atoms with Gasteiger partial charge < -0.3 is 10.4 Å². The Morgan fingerprint density at radius 2 is 2.30 bits per heavy atom. The summed E-state index contributed by atoms with van der Waals surface area (Å²) in [4.78, 5) is 14.0. The van der Waals surface area contributed by atoms with Crippen LogP contribution in [0.4, 0.5) is 0 Å². The molecule has 0 fully saturated rings. The smallest absolute Gasteiger partial charge is 0.252 e. The van der Waals surface area contributed by atoms with Gasteiger partial charge in [0.25, 0.3) is 5.91 Å². The molecule has 5 heteroatoms. The number of aliphatic hydroxyl groups excluding tert-OH is 1. The Morgan fingerprint density at radius 3 is 3.05 bits per heavy atom. The highest BCUT2D eigenvalue weighted by molar-refractivity contribution is 7.11. The van der Waals surface area contributed by atoms with Crippen molar-refractivity contribution < 1.29 is 9.90 Å². The lowest BCUT2D eigenvalue weighted by molar-refractivity contribution is 0.0951. The van der Waals surface area contributed by atoms with E-state index in [0.717, 1.165) is 11.3 Å². The van der Waals surface area contributed by atoms with Crippen molar-refractivity contribution in [2.45, 2.75) is 19.9 Å². The molecule has 0 saturated carbocycles. The van der Waals surface area contributed by atoms with Gasteiger partial charge in [0.05, 0.1) is 17.0 Å². The number of aryl methyl sites for hydroxylation is 1. The molecule has 20 heavy (non-hydrogen) atoms. The fourth-order valence-corrected chi connectivity index (χ4v) is 3.42. The third-order valence-corrected chi connectivity index (χ3v) is 4.59. The number of rotatable bonds is 4. The molecule has 0 atom stereocenters. The number of nitrogens with one attached hydrogen (secondary N) is 1. The van der Waals surface area contributed by atoms with E-state index in [0.29, 0.717) is 12.1 Å². The molecule has 0 aromatic carbocycles. The molecule has 0 unspecified atom stereocenters. The van der Waals surface area contributed by atoms with Gasteiger partial charge in [-0.15, -0.1) is 22.7 Å². The van der Waals surface area contributed by atoms with Crippen molar-refractivity contribution in [2.24, 2.45) is 0 Å². The van der Waals surface area contributed by atoms with Gasteiger partial charge in [-0.25, -0.2) is 0 Å². The van der Waals surface area contributed by atoms with Crippen LogP contribution in [0.5, 0.6) is 0 Å². The highest BCUT2D eigenvalue weighted by atomic mass is 32.1. The molecule has 0 bridgehead atoms. The average Bonchev–Trinajstić information content (AvgIpc) is 3.11. The second kappa shape index (κ2) is 7.25. The van der Waals surface area contributed by atoms with E-state index in [1.165, 1.54) is 21.8 Å². The average molecular weight is 305 g/mol. The summed E-state index contributed by atoms with van der Waals surface area (Å²) in [6.07, 6.45) is 0.980. The van der Waals surface area contributed by atoms with Crippen molar-refractivity contribution in [3.05, 3.63) is 43.8 Å². The summed E-state index contributed by atoms with van der Waals surface area (Å²) in [7, 11) is 0. The van der Waals surface area contributed by atoms with Gasteiger partial charge in [-0.2, -0.15) is 0 Å². The van der Waals surface area contributed by atoms with Crippen LogP contribution in [0.25, 0.3) is 0 Å². The molecule has 0 spiro atoms. The Kier molecular flexibility index (Phi) is 5.36. The number of thiophene rings is 2. The van der Waals surface area contributed by atoms with Crippen LogP contribution in [0, 0.1) is 11.8 Å². The largest absolute Gasteiger partial charge is 0.384 e. The number of carbonyl (C=O) groups is 1. The summed E-state index contributed by atoms with van der Waals surface area (Å²) >= 11 is 3.07. The molecular weight excluding hydrogens is 290 g/mol. The van der Waals surface area contributed by atoms with Crippen molar-refractivity contribution in [2.75, 3.05) is 6.61 Å². The fourth-order valence-electron chi connectivity index (χ4n) is 1.75. The molecule has 0 aliphatic heterocycles. The van der Waals surface area contributed by atoms with Crippen LogP contribution in [0.3, 0.4) is 0 Å². The van der Waals surface area contributed by atoms with Gasteiger partial charge >= 0.3 is 0 Å². The number of aliphatic hydroxyl groups is 1. The third-order valence-electron chi connectivity index (χ3n) is 2.78. The Balaban J connectivity index is 1.96. The molecule has 1 amide bonds. The highest BCUT2D eigenvalue weighted by Crippen LogP contribution is 2.18. The number of amides is 1. The lowest BCUT2D eigenvalue weighted by atomic mass is 10.2. The minimum Gasteiger partial charge on any atom is -0.384 e. The minimum atomic E-state index is -0.169. The van der Waals surface area contributed by atoms with Crippen LogP contribution in [0.1, 0.15) is 32.6 Å². The van der Waals surface area contributed by atoms with E-state index >= 15 is 0 Å². The van der Waals surface area contributed by atoms with Crippen LogP contribution >= 0.6 is 22.7 Å². The van der Waals surface area contributed by atoms with Crippen LogP contribution in [0.2, 0.25) is 0 Å². The zero-order chi connectivity index (χ0) is 14.4. The summed E-state index contributed by atoms with van der Waals surface area (Å²) in [5.74, 6) is 5.28. The van der Waals surface area contributed by atoms with Gasteiger partial charge in [0.15, 0.2) is 0 Å². The first kappa shape index (κ1) is 14.8. The SMILES string of the molecule is CCc1ccsc1CNC(=O)c1csc(C#CCO)c1. The normalized spacial score (nSPS) is 9.90. The molecule has 2 heterocycles. The first-order valence-corrected chi connectivity index (χ1v) is 8.02. The molecule has 0 saturated heterocycles. The van der Waals surface area contributed by atoms with Crippen LogP contribution < -0.4 is 5.32 Å². The standard InChI is InChI=1S/C15H15NO2S2/c1-2-11-5-7-19-14(11)9-16-15(18)12-8-13(20-10-12)4-3-6-17/h5,7-8,10,17H,2,6,9H2,1H3,(H,16,18). The molecule has 2 N–H and O–H groups in total. The molecule has 0 aliphatic rings. The zero-order valence-electron chi connectivity index (χ0n) is 11.1. The minimum absolute atomic E-state index is 0.0891. The molecule has 3 nitrogen and oxygen atoms in total. The van der Waals surface area contributed by atoms with E-state index in [-0.39, 0.29) is 12.5 Å². The molecule has 2 aromatic rings. The molecule has 2 aromatic heterocycles. The van der Waals surface area contributed by atoms with E-state index in [9.17, 15) is 4.79 Å². The predicted molar refractivity (Wildman–Crippen MR) is 83.2 cm³/mol. The maximum Gasteiger partial charge on any atom is 0.252 e. The Hall–Kier alpha value is -1.61. The van der Waals surface area contributed by atoms with E-state index in [4.69, 9.17) is 5.11 Å². The summed E-state index contributed by atoms with van der Waals surface area (Å²) < 4.78 is 0. The fraction of sp³-hybridized carbons (Fsp3) is 0.267. The highest BCUT2D eigenvalue weighted by Gasteiger charge is 2.09. The molecular formula is C15H15NO2S2. The monoisotopic (exact) mass is 305 g/mol. The molecule has 2 rings (SSSR count). The Bertz CT molecular complexity index is 646. The van der Waals surface area contributed by atoms with Crippen molar-refractivity contribution in [3.8, 4) is 11.8 Å². The zero-order valence-corrected chi connectivity index (χ0v) is 12.7. The van der Waals surface area contributed by atoms with Gasteiger partial charge in [-0.05, 0) is 29.5 Å². The van der Waals surface area contributed by atoms with Gasteiger partial charge in [0, 0.05) is 10.3 Å². The van der Waals surface area contributed by atoms with Crippen LogP contribution in [0.15, 0.2) is 22.9 Å². The van der Waals surface area contributed by atoms with Gasteiger partial charge in [-0.3, -0.25) is 4.79 Å². The van der Waals surface area contributed by atoms with E-state index in [2.05, 4.69) is 30.1 Å². The quantitative estimate of drug-likeness (QED) is 0.853. The lowest BCUT2D eigenvalue weighted by Gasteiger charge is -2.03. The summed E-state index contributed by atoms with van der Waals surface area (Å²) in [5.41, 5.74) is 1.90. The Morgan fingerprint density at radius 1 is 1.45 bits per heavy atom. The summed E-state index contributed by atoms with van der Waals surface area (Å²) in [6, 6.07) is 3.84. The van der Waals surface area contributed by atoms with Gasteiger partial charge in [0.1, 0.15) is 6.61 Å². The Labute approximate surface area is 126 Å². The van der Waals surface area contributed by atoms with E-state index in [1.54, 1.807) is 22.8 Å². The molecule has 104 valence electrons. The topological polar surface area (TPSA) is 49.3 Å². The first-order chi connectivity index (χ1) is 9.74. The predicted octanol–water partition coefficient (Wildman–Crippen LogP) is 2.65. The van der Waals surface area contributed by atoms with Crippen molar-refractivity contribution in [1.29, 1.82) is 0 Å². The van der Waals surface area contributed by atoms with E-state index < -0.39 is 0 Å². The van der Waals surface area contributed by atoms with Crippen molar-refractivity contribution in [3.63, 3.8) is 0 Å². The second-order valence-electron chi connectivity index (χ2n) is 4.06. The number of hydrogen-bond donors (Lipinski definition) is 2. The summed E-state index contributed by atoms with van der Waals surface area (Å²) in [5, 5.41) is 15.4. The number of carbonyl (C=O) groups excluding carboxylic acids is 1. The third kappa shape index (κ3) is 3.70. The van der Waals surface area contributed by atoms with E-state index in [1.807, 2.05) is 5.38 Å².